The van der Waals surface area contributed by atoms with Crippen molar-refractivity contribution < 1.29 is 28.5 Å². The Kier molecular flexibility index (Phi) is 7.27. The van der Waals surface area contributed by atoms with Gasteiger partial charge in [-0.1, -0.05) is 62.4 Å². The molecule has 0 spiro atoms. The van der Waals surface area contributed by atoms with Gasteiger partial charge in [0.2, 0.25) is 0 Å². The Labute approximate surface area is 243 Å². The lowest BCUT2D eigenvalue weighted by atomic mass is 9.76. The van der Waals surface area contributed by atoms with Crippen molar-refractivity contribution in [2.45, 2.75) is 51.2 Å². The Hall–Kier alpha value is -4.37. The van der Waals surface area contributed by atoms with Gasteiger partial charge in [-0.3, -0.25) is 10.4 Å². The molecular weight excluding hydrogens is 543 g/mol. The maximum absolute atomic E-state index is 13.7. The Morgan fingerprint density at radius 1 is 0.738 bits per heavy atom. The van der Waals surface area contributed by atoms with E-state index in [0.717, 1.165) is 29.3 Å². The predicted octanol–water partition coefficient (Wildman–Crippen LogP) is 7.48. The lowest BCUT2D eigenvalue weighted by Crippen LogP contribution is -2.52. The Morgan fingerprint density at radius 3 is 2.07 bits per heavy atom. The number of nitrogens with zero attached hydrogens (tertiary/aromatic N) is 2. The van der Waals surface area contributed by atoms with Gasteiger partial charge in [0.15, 0.2) is 0 Å². The summed E-state index contributed by atoms with van der Waals surface area (Å²) in [5, 5.41) is 35.9. The highest BCUT2D eigenvalue weighted by Crippen LogP contribution is 2.50. The number of hydrazine groups is 2. The van der Waals surface area contributed by atoms with Gasteiger partial charge in [-0.25, -0.2) is 0 Å². The standard InChI is InChI=1S/C33H34F3N3O3/c1-31(2,22-10-6-5-7-11-22)25-18-21(16-17-40)19-28(30(25)42)39-37-26-12-8-9-13-27(26)38(39)32(3,4)24-20-23(33(34,35)36)14-15-29(24)41/h5-15,18-20,37,40-42H,16-17H2,1-4H3. The van der Waals surface area contributed by atoms with Crippen molar-refractivity contribution >= 4 is 17.1 Å². The zero-order valence-electron chi connectivity index (χ0n) is 23.9. The lowest BCUT2D eigenvalue weighted by Gasteiger charge is -2.44. The van der Waals surface area contributed by atoms with E-state index in [0.29, 0.717) is 29.0 Å². The number of aromatic hydroxyl groups is 2. The smallest absolute Gasteiger partial charge is 0.416 e. The van der Waals surface area contributed by atoms with Gasteiger partial charge in [-0.05, 0) is 67.8 Å². The van der Waals surface area contributed by atoms with Crippen molar-refractivity contribution in [1.82, 2.24) is 0 Å². The van der Waals surface area contributed by atoms with Crippen molar-refractivity contribution in [3.05, 3.63) is 113 Å². The maximum Gasteiger partial charge on any atom is 0.416 e. The first-order valence-electron chi connectivity index (χ1n) is 13.7. The number of para-hydroxylation sites is 2. The molecule has 1 heterocycles. The molecule has 4 aromatic rings. The van der Waals surface area contributed by atoms with Crippen molar-refractivity contribution in [2.24, 2.45) is 0 Å². The lowest BCUT2D eigenvalue weighted by molar-refractivity contribution is -0.137. The molecule has 0 unspecified atom stereocenters. The summed E-state index contributed by atoms with van der Waals surface area (Å²) in [5.41, 5.74) is 4.57. The number of hydrogen-bond acceptors (Lipinski definition) is 6. The van der Waals surface area contributed by atoms with Gasteiger partial charge in [-0.15, -0.1) is 0 Å². The molecule has 0 bridgehead atoms. The van der Waals surface area contributed by atoms with Crippen LogP contribution in [0, 0.1) is 0 Å². The number of fused-ring (bicyclic) bond motifs is 1. The fourth-order valence-electron chi connectivity index (χ4n) is 5.66. The van der Waals surface area contributed by atoms with Gasteiger partial charge >= 0.3 is 6.18 Å². The summed E-state index contributed by atoms with van der Waals surface area (Å²) in [5.74, 6) is -0.318. The highest BCUT2D eigenvalue weighted by molar-refractivity contribution is 5.84. The number of aliphatic hydroxyl groups is 1. The first-order chi connectivity index (χ1) is 19.8. The molecule has 0 fully saturated rings. The summed E-state index contributed by atoms with van der Waals surface area (Å²) in [6.07, 6.45) is -4.28. The summed E-state index contributed by atoms with van der Waals surface area (Å²) in [6, 6.07) is 23.5. The first-order valence-corrected chi connectivity index (χ1v) is 13.7. The van der Waals surface area contributed by atoms with Gasteiger partial charge in [0.1, 0.15) is 17.2 Å². The first kappa shape index (κ1) is 29.1. The number of phenols is 2. The monoisotopic (exact) mass is 577 g/mol. The quantitative estimate of drug-likeness (QED) is 0.182. The van der Waals surface area contributed by atoms with E-state index in [4.69, 9.17) is 0 Å². The number of aliphatic hydroxyl groups excluding tert-OH is 1. The third-order valence-electron chi connectivity index (χ3n) is 8.02. The molecular formula is C33H34F3N3O3. The molecule has 0 amide bonds. The number of alkyl halides is 3. The Bertz CT molecular complexity index is 1600. The van der Waals surface area contributed by atoms with Crippen LogP contribution in [0.3, 0.4) is 0 Å². The number of benzene rings is 4. The van der Waals surface area contributed by atoms with Gasteiger partial charge in [0, 0.05) is 23.1 Å². The number of halogens is 3. The highest BCUT2D eigenvalue weighted by atomic mass is 19.4. The summed E-state index contributed by atoms with van der Waals surface area (Å²) in [4.78, 5) is 0. The third kappa shape index (κ3) is 4.98. The van der Waals surface area contributed by atoms with Gasteiger partial charge in [-0.2, -0.15) is 18.3 Å². The predicted molar refractivity (Wildman–Crippen MR) is 159 cm³/mol. The minimum Gasteiger partial charge on any atom is -0.508 e. The molecule has 0 aromatic heterocycles. The molecule has 5 rings (SSSR count). The van der Waals surface area contributed by atoms with Crippen LogP contribution in [0.4, 0.5) is 30.2 Å². The van der Waals surface area contributed by atoms with Crippen molar-refractivity contribution in [1.29, 1.82) is 0 Å². The second kappa shape index (κ2) is 10.5. The Morgan fingerprint density at radius 2 is 1.40 bits per heavy atom. The minimum atomic E-state index is -4.60. The van der Waals surface area contributed by atoms with E-state index in [2.05, 4.69) is 5.43 Å². The van der Waals surface area contributed by atoms with E-state index in [9.17, 15) is 28.5 Å². The van der Waals surface area contributed by atoms with E-state index in [1.54, 1.807) is 30.0 Å². The van der Waals surface area contributed by atoms with Crippen LogP contribution in [0.25, 0.3) is 0 Å². The molecule has 42 heavy (non-hydrogen) atoms. The van der Waals surface area contributed by atoms with Crippen molar-refractivity contribution in [3.63, 3.8) is 0 Å². The average Bonchev–Trinajstić information content (AvgIpc) is 3.34. The van der Waals surface area contributed by atoms with Crippen LogP contribution in [0.2, 0.25) is 0 Å². The Balaban J connectivity index is 1.72. The fourth-order valence-corrected chi connectivity index (χ4v) is 5.66. The van der Waals surface area contributed by atoms with E-state index >= 15 is 0 Å². The molecule has 9 heteroatoms. The van der Waals surface area contributed by atoms with Gasteiger partial charge < -0.3 is 15.3 Å². The summed E-state index contributed by atoms with van der Waals surface area (Å²) < 4.78 is 41.2. The van der Waals surface area contributed by atoms with Crippen molar-refractivity contribution in [3.8, 4) is 11.5 Å². The minimum absolute atomic E-state index is 0.0279. The molecule has 6 nitrogen and oxygen atoms in total. The van der Waals surface area contributed by atoms with Crippen LogP contribution in [-0.2, 0) is 23.6 Å². The van der Waals surface area contributed by atoms with Crippen LogP contribution in [0.5, 0.6) is 11.5 Å². The molecule has 0 radical (unpaired) electrons. The zero-order valence-corrected chi connectivity index (χ0v) is 23.9. The molecule has 0 aliphatic carbocycles. The second-order valence-electron chi connectivity index (χ2n) is 11.5. The van der Waals surface area contributed by atoms with Gasteiger partial charge in [0.05, 0.1) is 22.5 Å². The summed E-state index contributed by atoms with van der Waals surface area (Å²) in [7, 11) is 0. The number of nitrogens with one attached hydrogen (secondary N) is 1. The maximum atomic E-state index is 13.7. The average molecular weight is 578 g/mol. The molecule has 4 N–H and O–H groups in total. The molecule has 220 valence electrons. The summed E-state index contributed by atoms with van der Waals surface area (Å²) in [6.45, 7) is 7.30. The third-order valence-corrected chi connectivity index (χ3v) is 8.02. The van der Waals surface area contributed by atoms with Gasteiger partial charge in [0.25, 0.3) is 0 Å². The number of anilines is 3. The summed E-state index contributed by atoms with van der Waals surface area (Å²) >= 11 is 0. The zero-order chi connectivity index (χ0) is 30.4. The largest absolute Gasteiger partial charge is 0.508 e. The fraction of sp³-hybridized carbons (Fsp3) is 0.273. The molecule has 1 aliphatic rings. The number of hydrogen-bond donors (Lipinski definition) is 4. The van der Waals surface area contributed by atoms with Crippen LogP contribution >= 0.6 is 0 Å². The van der Waals surface area contributed by atoms with Crippen LogP contribution < -0.4 is 15.6 Å². The van der Waals surface area contributed by atoms with Crippen LogP contribution in [0.1, 0.15) is 55.5 Å². The van der Waals surface area contributed by atoms with Crippen molar-refractivity contribution in [2.75, 3.05) is 22.2 Å². The normalized spacial score (nSPS) is 13.7. The molecule has 1 aliphatic heterocycles. The van der Waals surface area contributed by atoms with E-state index < -0.39 is 22.7 Å². The molecule has 0 saturated heterocycles. The molecule has 0 atom stereocenters. The van der Waals surface area contributed by atoms with E-state index in [1.165, 1.54) is 0 Å². The highest BCUT2D eigenvalue weighted by Gasteiger charge is 2.44. The second-order valence-corrected chi connectivity index (χ2v) is 11.5. The van der Waals surface area contributed by atoms with E-state index in [1.807, 2.05) is 74.5 Å². The number of rotatable bonds is 7. The van der Waals surface area contributed by atoms with Crippen LogP contribution in [0.15, 0.2) is 84.9 Å². The molecule has 4 aromatic carbocycles. The SMILES string of the molecule is CC(C)(c1ccccc1)c1cc(CCO)cc(N2Nc3ccccc3N2C(C)(C)c2cc(C(F)(F)F)ccc2O)c1O. The topological polar surface area (TPSA) is 79.2 Å². The molecule has 0 saturated carbocycles. The number of phenolic OH excluding ortho intramolecular Hbond substituents is 2. The van der Waals surface area contributed by atoms with Crippen LogP contribution in [-0.4, -0.2) is 21.9 Å². The van der Waals surface area contributed by atoms with E-state index in [-0.39, 0.29) is 23.7 Å².